The van der Waals surface area contributed by atoms with Crippen LogP contribution in [0, 0.1) is 20.8 Å². The van der Waals surface area contributed by atoms with Crippen molar-refractivity contribution in [2.24, 2.45) is 0 Å². The van der Waals surface area contributed by atoms with E-state index in [0.29, 0.717) is 0 Å². The molecule has 0 fully saturated rings. The number of benzene rings is 2. The summed E-state index contributed by atoms with van der Waals surface area (Å²) in [7, 11) is 0. The molecular weight excluding hydrogens is 258 g/mol. The standard InChI is InChI=1S/C19H25NO/c1-5-11-20-13-17-12-14(2)9-10-19(17)21-18-8-6-7-15(3)16(18)4/h6-10,12,20H,5,11,13H2,1-4H3. The Hall–Kier alpha value is -1.80. The van der Waals surface area contributed by atoms with Crippen molar-refractivity contribution in [2.45, 2.75) is 40.7 Å². The molecule has 0 aliphatic heterocycles. The summed E-state index contributed by atoms with van der Waals surface area (Å²) in [5.41, 5.74) is 4.93. The first kappa shape index (κ1) is 15.6. The van der Waals surface area contributed by atoms with Crippen molar-refractivity contribution in [3.05, 3.63) is 58.7 Å². The largest absolute Gasteiger partial charge is 0.457 e. The van der Waals surface area contributed by atoms with E-state index >= 15 is 0 Å². The van der Waals surface area contributed by atoms with Crippen LogP contribution in [0.2, 0.25) is 0 Å². The number of aryl methyl sites for hydroxylation is 2. The molecule has 21 heavy (non-hydrogen) atoms. The van der Waals surface area contributed by atoms with Gasteiger partial charge in [0.2, 0.25) is 0 Å². The molecule has 0 atom stereocenters. The summed E-state index contributed by atoms with van der Waals surface area (Å²) in [5, 5.41) is 3.45. The van der Waals surface area contributed by atoms with Gasteiger partial charge in [-0.15, -0.1) is 0 Å². The molecular formula is C19H25NO. The molecule has 0 amide bonds. The first-order valence-electron chi connectivity index (χ1n) is 7.66. The van der Waals surface area contributed by atoms with Gasteiger partial charge in [-0.1, -0.05) is 36.8 Å². The Kier molecular flexibility index (Phi) is 5.40. The smallest absolute Gasteiger partial charge is 0.131 e. The van der Waals surface area contributed by atoms with Gasteiger partial charge >= 0.3 is 0 Å². The first-order chi connectivity index (χ1) is 10.1. The Labute approximate surface area is 128 Å². The molecule has 0 heterocycles. The van der Waals surface area contributed by atoms with Crippen LogP contribution in [0.15, 0.2) is 36.4 Å². The van der Waals surface area contributed by atoms with Crippen LogP contribution in [0.25, 0.3) is 0 Å². The van der Waals surface area contributed by atoms with Crippen molar-refractivity contribution in [2.75, 3.05) is 6.54 Å². The fourth-order valence-electron chi connectivity index (χ4n) is 2.30. The predicted octanol–water partition coefficient (Wildman–Crippen LogP) is 4.90. The summed E-state index contributed by atoms with van der Waals surface area (Å²) in [6.07, 6.45) is 1.14. The third kappa shape index (κ3) is 4.08. The van der Waals surface area contributed by atoms with Gasteiger partial charge in [0, 0.05) is 12.1 Å². The van der Waals surface area contributed by atoms with Crippen LogP contribution in [-0.4, -0.2) is 6.54 Å². The molecule has 0 spiro atoms. The molecule has 0 radical (unpaired) electrons. The molecule has 0 saturated heterocycles. The van der Waals surface area contributed by atoms with Crippen LogP contribution in [0.3, 0.4) is 0 Å². The minimum Gasteiger partial charge on any atom is -0.457 e. The number of ether oxygens (including phenoxy) is 1. The van der Waals surface area contributed by atoms with E-state index in [1.165, 1.54) is 22.3 Å². The zero-order valence-electron chi connectivity index (χ0n) is 13.5. The molecule has 0 aliphatic rings. The highest BCUT2D eigenvalue weighted by molar-refractivity contribution is 5.44. The first-order valence-corrected chi connectivity index (χ1v) is 7.66. The van der Waals surface area contributed by atoms with E-state index in [0.717, 1.165) is 31.0 Å². The number of hydrogen-bond donors (Lipinski definition) is 1. The topological polar surface area (TPSA) is 21.3 Å². The second kappa shape index (κ2) is 7.28. The van der Waals surface area contributed by atoms with E-state index in [9.17, 15) is 0 Å². The maximum atomic E-state index is 6.17. The Morgan fingerprint density at radius 2 is 1.81 bits per heavy atom. The summed E-state index contributed by atoms with van der Waals surface area (Å²) >= 11 is 0. The van der Waals surface area contributed by atoms with Gasteiger partial charge in [0.15, 0.2) is 0 Å². The van der Waals surface area contributed by atoms with Gasteiger partial charge in [0.1, 0.15) is 11.5 Å². The molecule has 1 N–H and O–H groups in total. The van der Waals surface area contributed by atoms with Gasteiger partial charge < -0.3 is 10.1 Å². The molecule has 2 heteroatoms. The van der Waals surface area contributed by atoms with Crippen molar-refractivity contribution < 1.29 is 4.74 Å². The molecule has 0 aromatic heterocycles. The Balaban J connectivity index is 2.24. The van der Waals surface area contributed by atoms with Crippen molar-refractivity contribution in [3.63, 3.8) is 0 Å². The second-order valence-corrected chi connectivity index (χ2v) is 5.59. The lowest BCUT2D eigenvalue weighted by Gasteiger charge is -2.15. The van der Waals surface area contributed by atoms with E-state index in [1.54, 1.807) is 0 Å². The summed E-state index contributed by atoms with van der Waals surface area (Å²) in [6, 6.07) is 12.6. The number of nitrogens with one attached hydrogen (secondary N) is 1. The Bertz CT molecular complexity index is 605. The lowest BCUT2D eigenvalue weighted by molar-refractivity contribution is 0.468. The predicted molar refractivity (Wildman–Crippen MR) is 89.2 cm³/mol. The van der Waals surface area contributed by atoms with Crippen LogP contribution in [0.4, 0.5) is 0 Å². The SMILES string of the molecule is CCCNCc1cc(C)ccc1Oc1cccc(C)c1C. The van der Waals surface area contributed by atoms with E-state index in [4.69, 9.17) is 4.74 Å². The molecule has 2 aromatic rings. The highest BCUT2D eigenvalue weighted by Gasteiger charge is 2.08. The molecule has 2 rings (SSSR count). The van der Waals surface area contributed by atoms with Gasteiger partial charge in [0.25, 0.3) is 0 Å². The molecule has 112 valence electrons. The fourth-order valence-corrected chi connectivity index (χ4v) is 2.30. The van der Waals surface area contributed by atoms with Gasteiger partial charge in [0.05, 0.1) is 0 Å². The van der Waals surface area contributed by atoms with Crippen LogP contribution < -0.4 is 10.1 Å². The van der Waals surface area contributed by atoms with E-state index < -0.39 is 0 Å². The third-order valence-corrected chi connectivity index (χ3v) is 3.73. The molecule has 2 aromatic carbocycles. The summed E-state index contributed by atoms with van der Waals surface area (Å²) in [6.45, 7) is 10.4. The van der Waals surface area contributed by atoms with Gasteiger partial charge in [-0.25, -0.2) is 0 Å². The minimum absolute atomic E-state index is 0.843. The number of rotatable bonds is 6. The zero-order valence-corrected chi connectivity index (χ0v) is 13.5. The quantitative estimate of drug-likeness (QED) is 0.761. The molecule has 0 saturated carbocycles. The normalized spacial score (nSPS) is 10.7. The fraction of sp³-hybridized carbons (Fsp3) is 0.368. The molecule has 0 aliphatic carbocycles. The second-order valence-electron chi connectivity index (χ2n) is 5.59. The summed E-state index contributed by atoms with van der Waals surface area (Å²) in [4.78, 5) is 0. The van der Waals surface area contributed by atoms with E-state index in [-0.39, 0.29) is 0 Å². The molecule has 0 unspecified atom stereocenters. The monoisotopic (exact) mass is 283 g/mol. The Morgan fingerprint density at radius 1 is 1.00 bits per heavy atom. The van der Waals surface area contributed by atoms with Crippen molar-refractivity contribution in [1.82, 2.24) is 5.32 Å². The average Bonchev–Trinajstić information content (AvgIpc) is 2.46. The van der Waals surface area contributed by atoms with Gasteiger partial charge in [-0.3, -0.25) is 0 Å². The molecule has 2 nitrogen and oxygen atoms in total. The summed E-state index contributed by atoms with van der Waals surface area (Å²) in [5.74, 6) is 1.88. The average molecular weight is 283 g/mol. The third-order valence-electron chi connectivity index (χ3n) is 3.73. The van der Waals surface area contributed by atoms with Crippen LogP contribution in [0.5, 0.6) is 11.5 Å². The van der Waals surface area contributed by atoms with Gasteiger partial charge in [-0.05, 0) is 57.0 Å². The maximum absolute atomic E-state index is 6.17. The summed E-state index contributed by atoms with van der Waals surface area (Å²) < 4.78 is 6.17. The molecule has 0 bridgehead atoms. The highest BCUT2D eigenvalue weighted by atomic mass is 16.5. The minimum atomic E-state index is 0.843. The van der Waals surface area contributed by atoms with Crippen molar-refractivity contribution in [3.8, 4) is 11.5 Å². The van der Waals surface area contributed by atoms with E-state index in [2.05, 4.69) is 57.3 Å². The number of hydrogen-bond acceptors (Lipinski definition) is 2. The lowest BCUT2D eigenvalue weighted by Crippen LogP contribution is -2.14. The van der Waals surface area contributed by atoms with Crippen LogP contribution >= 0.6 is 0 Å². The van der Waals surface area contributed by atoms with Crippen molar-refractivity contribution >= 4 is 0 Å². The van der Waals surface area contributed by atoms with Gasteiger partial charge in [-0.2, -0.15) is 0 Å². The zero-order chi connectivity index (χ0) is 15.2. The van der Waals surface area contributed by atoms with Crippen molar-refractivity contribution in [1.29, 1.82) is 0 Å². The highest BCUT2D eigenvalue weighted by Crippen LogP contribution is 2.29. The van der Waals surface area contributed by atoms with Crippen LogP contribution in [-0.2, 0) is 6.54 Å². The Morgan fingerprint density at radius 3 is 2.57 bits per heavy atom. The maximum Gasteiger partial charge on any atom is 0.131 e. The van der Waals surface area contributed by atoms with Crippen LogP contribution in [0.1, 0.15) is 35.6 Å². The van der Waals surface area contributed by atoms with E-state index in [1.807, 2.05) is 12.1 Å². The lowest BCUT2D eigenvalue weighted by atomic mass is 10.1.